The number of fused-ring (bicyclic) bond motifs is 1. The average molecular weight is 395 g/mol. The molecule has 3 rings (SSSR count). The summed E-state index contributed by atoms with van der Waals surface area (Å²) in [5.41, 5.74) is 2.80. The van der Waals surface area contributed by atoms with E-state index in [1.54, 1.807) is 25.8 Å². The number of amides is 1. The van der Waals surface area contributed by atoms with Crippen molar-refractivity contribution in [1.29, 1.82) is 0 Å². The summed E-state index contributed by atoms with van der Waals surface area (Å²) in [4.78, 5) is 29.1. The summed E-state index contributed by atoms with van der Waals surface area (Å²) in [5.74, 6) is 1.22. The number of hydrogen-bond donors (Lipinski definition) is 1. The molecule has 1 aromatic heterocycles. The lowest BCUT2D eigenvalue weighted by Gasteiger charge is -2.10. The van der Waals surface area contributed by atoms with E-state index in [-0.39, 0.29) is 17.9 Å². The van der Waals surface area contributed by atoms with Gasteiger partial charge in [-0.15, -0.1) is 0 Å². The molecule has 7 heteroatoms. The van der Waals surface area contributed by atoms with Crippen molar-refractivity contribution < 1.29 is 14.3 Å². The highest BCUT2D eigenvalue weighted by Gasteiger charge is 2.11. The van der Waals surface area contributed by atoms with E-state index in [1.165, 1.54) is 0 Å². The van der Waals surface area contributed by atoms with Crippen LogP contribution in [-0.2, 0) is 24.7 Å². The molecule has 152 valence electrons. The Labute approximate surface area is 169 Å². The van der Waals surface area contributed by atoms with Crippen molar-refractivity contribution in [3.8, 4) is 11.5 Å². The van der Waals surface area contributed by atoms with Gasteiger partial charge >= 0.3 is 0 Å². The third-order valence-corrected chi connectivity index (χ3v) is 4.82. The van der Waals surface area contributed by atoms with Crippen molar-refractivity contribution in [3.63, 3.8) is 0 Å². The Kier molecular flexibility index (Phi) is 6.49. The molecular formula is C22H25N3O4. The van der Waals surface area contributed by atoms with E-state index >= 15 is 0 Å². The molecule has 1 amide bonds. The van der Waals surface area contributed by atoms with Gasteiger partial charge in [-0.3, -0.25) is 9.59 Å². The van der Waals surface area contributed by atoms with Crippen molar-refractivity contribution in [2.24, 2.45) is 7.05 Å². The van der Waals surface area contributed by atoms with Crippen LogP contribution < -0.4 is 20.3 Å². The fourth-order valence-electron chi connectivity index (χ4n) is 3.20. The van der Waals surface area contributed by atoms with Crippen LogP contribution >= 0.6 is 0 Å². The van der Waals surface area contributed by atoms with Gasteiger partial charge in [0.2, 0.25) is 5.91 Å². The van der Waals surface area contributed by atoms with Crippen molar-refractivity contribution in [2.75, 3.05) is 20.8 Å². The standard InChI is InChI=1S/C22H25N3O4/c1-25-18-7-5-4-6-16(18)24-17(22(25)27)9-11-21(26)23-13-12-15-8-10-19(28-2)20(14-15)29-3/h4-8,10,14H,9,11-13H2,1-3H3,(H,23,26). The number of para-hydroxylation sites is 2. The smallest absolute Gasteiger partial charge is 0.272 e. The van der Waals surface area contributed by atoms with Crippen LogP contribution in [-0.4, -0.2) is 36.2 Å². The minimum atomic E-state index is -0.165. The van der Waals surface area contributed by atoms with Gasteiger partial charge in [0.15, 0.2) is 11.5 Å². The molecule has 0 saturated carbocycles. The van der Waals surface area contributed by atoms with Gasteiger partial charge in [-0.05, 0) is 36.2 Å². The van der Waals surface area contributed by atoms with E-state index in [4.69, 9.17) is 9.47 Å². The molecule has 0 aliphatic carbocycles. The maximum atomic E-state index is 12.5. The maximum Gasteiger partial charge on any atom is 0.272 e. The molecule has 0 aliphatic rings. The van der Waals surface area contributed by atoms with Gasteiger partial charge in [-0.2, -0.15) is 0 Å². The van der Waals surface area contributed by atoms with Crippen LogP contribution in [0.25, 0.3) is 11.0 Å². The predicted octanol–water partition coefficient (Wildman–Crippen LogP) is 2.24. The van der Waals surface area contributed by atoms with Gasteiger partial charge < -0.3 is 19.4 Å². The van der Waals surface area contributed by atoms with Crippen molar-refractivity contribution in [3.05, 3.63) is 64.1 Å². The zero-order chi connectivity index (χ0) is 20.8. The molecule has 0 spiro atoms. The predicted molar refractivity (Wildman–Crippen MR) is 112 cm³/mol. The van der Waals surface area contributed by atoms with E-state index in [1.807, 2.05) is 42.5 Å². The number of nitrogens with one attached hydrogen (secondary N) is 1. The molecule has 1 heterocycles. The first kappa shape index (κ1) is 20.4. The molecular weight excluding hydrogens is 370 g/mol. The number of carbonyl (C=O) groups excluding carboxylic acids is 1. The van der Waals surface area contributed by atoms with E-state index < -0.39 is 0 Å². The highest BCUT2D eigenvalue weighted by atomic mass is 16.5. The van der Waals surface area contributed by atoms with Crippen molar-refractivity contribution in [2.45, 2.75) is 19.3 Å². The molecule has 0 unspecified atom stereocenters. The van der Waals surface area contributed by atoms with Crippen LogP contribution in [0.1, 0.15) is 17.7 Å². The van der Waals surface area contributed by atoms with Crippen LogP contribution in [0.15, 0.2) is 47.3 Å². The minimum Gasteiger partial charge on any atom is -0.493 e. The second-order valence-corrected chi connectivity index (χ2v) is 6.70. The van der Waals surface area contributed by atoms with Crippen molar-refractivity contribution >= 4 is 16.9 Å². The number of hydrogen-bond acceptors (Lipinski definition) is 5. The van der Waals surface area contributed by atoms with Crippen LogP contribution in [0.2, 0.25) is 0 Å². The molecule has 0 bridgehead atoms. The molecule has 0 radical (unpaired) electrons. The molecule has 0 atom stereocenters. The third-order valence-electron chi connectivity index (χ3n) is 4.82. The number of nitrogens with zero attached hydrogens (tertiary/aromatic N) is 2. The lowest BCUT2D eigenvalue weighted by atomic mass is 10.1. The van der Waals surface area contributed by atoms with E-state index in [2.05, 4.69) is 10.3 Å². The highest BCUT2D eigenvalue weighted by Crippen LogP contribution is 2.27. The zero-order valence-corrected chi connectivity index (χ0v) is 16.9. The maximum absolute atomic E-state index is 12.5. The van der Waals surface area contributed by atoms with Gasteiger partial charge in [0.25, 0.3) is 5.56 Å². The SMILES string of the molecule is COc1ccc(CCNC(=O)CCc2nc3ccccc3n(C)c2=O)cc1OC. The lowest BCUT2D eigenvalue weighted by molar-refractivity contribution is -0.121. The first-order valence-electron chi connectivity index (χ1n) is 9.45. The topological polar surface area (TPSA) is 82.5 Å². The molecule has 1 N–H and O–H groups in total. The number of methoxy groups -OCH3 is 2. The number of rotatable bonds is 8. The number of aromatic nitrogens is 2. The summed E-state index contributed by atoms with van der Waals surface area (Å²) in [6.45, 7) is 0.497. The third kappa shape index (κ3) is 4.74. The van der Waals surface area contributed by atoms with Crippen molar-refractivity contribution in [1.82, 2.24) is 14.9 Å². The van der Waals surface area contributed by atoms with Crippen LogP contribution in [0.4, 0.5) is 0 Å². The quantitative estimate of drug-likeness (QED) is 0.633. The Morgan fingerprint density at radius 1 is 1.07 bits per heavy atom. The molecule has 2 aromatic carbocycles. The van der Waals surface area contributed by atoms with E-state index in [0.717, 1.165) is 16.6 Å². The average Bonchev–Trinajstić information content (AvgIpc) is 2.75. The second kappa shape index (κ2) is 9.23. The summed E-state index contributed by atoms with van der Waals surface area (Å²) < 4.78 is 12.1. The fourth-order valence-corrected chi connectivity index (χ4v) is 3.20. The van der Waals surface area contributed by atoms with E-state index in [0.29, 0.717) is 36.6 Å². The molecule has 7 nitrogen and oxygen atoms in total. The first-order chi connectivity index (χ1) is 14.0. The van der Waals surface area contributed by atoms with Gasteiger partial charge in [0, 0.05) is 26.4 Å². The van der Waals surface area contributed by atoms with E-state index in [9.17, 15) is 9.59 Å². The van der Waals surface area contributed by atoms with Gasteiger partial charge in [0.1, 0.15) is 5.69 Å². The molecule has 3 aromatic rings. The molecule has 0 aliphatic heterocycles. The number of aryl methyl sites for hydroxylation is 2. The van der Waals surface area contributed by atoms with Gasteiger partial charge in [-0.1, -0.05) is 18.2 Å². The van der Waals surface area contributed by atoms with Crippen LogP contribution in [0.3, 0.4) is 0 Å². The van der Waals surface area contributed by atoms with Crippen LogP contribution in [0, 0.1) is 0 Å². The van der Waals surface area contributed by atoms with Crippen LogP contribution in [0.5, 0.6) is 11.5 Å². The summed E-state index contributed by atoms with van der Waals surface area (Å²) in [6.07, 6.45) is 1.19. The number of carbonyl (C=O) groups is 1. The normalized spacial score (nSPS) is 10.7. The molecule has 29 heavy (non-hydrogen) atoms. The Bertz CT molecular complexity index is 1080. The highest BCUT2D eigenvalue weighted by molar-refractivity contribution is 5.77. The Morgan fingerprint density at radius 2 is 1.83 bits per heavy atom. The Morgan fingerprint density at radius 3 is 2.59 bits per heavy atom. The number of benzene rings is 2. The number of ether oxygens (including phenoxy) is 2. The summed E-state index contributed by atoms with van der Waals surface area (Å²) in [5, 5.41) is 2.89. The summed E-state index contributed by atoms with van der Waals surface area (Å²) >= 11 is 0. The molecule has 0 saturated heterocycles. The minimum absolute atomic E-state index is 0.109. The molecule has 0 fully saturated rings. The second-order valence-electron chi connectivity index (χ2n) is 6.70. The Hall–Kier alpha value is -3.35. The lowest BCUT2D eigenvalue weighted by Crippen LogP contribution is -2.28. The van der Waals surface area contributed by atoms with Gasteiger partial charge in [0.05, 0.1) is 25.3 Å². The summed E-state index contributed by atoms with van der Waals surface area (Å²) in [7, 11) is 4.91. The Balaban J connectivity index is 1.55. The first-order valence-corrected chi connectivity index (χ1v) is 9.45. The largest absolute Gasteiger partial charge is 0.493 e. The van der Waals surface area contributed by atoms with Gasteiger partial charge in [-0.25, -0.2) is 4.98 Å². The summed E-state index contributed by atoms with van der Waals surface area (Å²) in [6, 6.07) is 13.1. The fraction of sp³-hybridized carbons (Fsp3) is 0.318. The monoisotopic (exact) mass is 395 g/mol. The zero-order valence-electron chi connectivity index (χ0n) is 16.9.